The van der Waals surface area contributed by atoms with Crippen molar-refractivity contribution < 1.29 is 19.2 Å². The summed E-state index contributed by atoms with van der Waals surface area (Å²) in [7, 11) is 0. The van der Waals surface area contributed by atoms with Crippen molar-refractivity contribution in [3.8, 4) is 0 Å². The number of nitrogens with two attached hydrogens (primary N) is 1. The minimum Gasteiger partial charge on any atom is -0.397 e. The second-order valence-electron chi connectivity index (χ2n) is 5.35. The topological polar surface area (TPSA) is 89.7 Å². The zero-order chi connectivity index (χ0) is 18.0. The van der Waals surface area contributed by atoms with Crippen LogP contribution in [-0.2, 0) is 25.6 Å². The largest absolute Gasteiger partial charge is 0.397 e. The van der Waals surface area contributed by atoms with Gasteiger partial charge in [0.15, 0.2) is 0 Å². The highest BCUT2D eigenvalue weighted by Gasteiger charge is 2.34. The number of nitrogens with zero attached hydrogens (tertiary/aromatic N) is 1. The average molecular weight is 668 g/mol. The number of carbonyl (C=O) groups is 3. The number of benzene rings is 1. The summed E-state index contributed by atoms with van der Waals surface area (Å²) in [5, 5.41) is 0.600. The van der Waals surface area contributed by atoms with Gasteiger partial charge in [-0.3, -0.25) is 9.59 Å². The van der Waals surface area contributed by atoms with Gasteiger partial charge in [0.2, 0.25) is 0 Å². The number of anilines is 1. The summed E-state index contributed by atoms with van der Waals surface area (Å²) in [5.74, 6) is -1.95. The quantitative estimate of drug-likeness (QED) is 0.296. The van der Waals surface area contributed by atoms with Crippen molar-refractivity contribution in [3.05, 3.63) is 22.3 Å². The van der Waals surface area contributed by atoms with Crippen molar-refractivity contribution in [1.82, 2.24) is 5.06 Å². The van der Waals surface area contributed by atoms with Crippen molar-refractivity contribution >= 4 is 91.2 Å². The fourth-order valence-electron chi connectivity index (χ4n) is 2.30. The third-order valence-corrected chi connectivity index (χ3v) is 6.85. The first-order valence-electron chi connectivity index (χ1n) is 7.25. The lowest BCUT2D eigenvalue weighted by molar-refractivity contribution is -0.200. The lowest BCUT2D eigenvalue weighted by Crippen LogP contribution is -2.35. The molecule has 1 fully saturated rings. The fourth-order valence-corrected chi connectivity index (χ4v) is 6.11. The van der Waals surface area contributed by atoms with Crippen molar-refractivity contribution in [2.75, 3.05) is 5.73 Å². The Bertz CT molecular complexity index is 692. The zero-order valence-corrected chi connectivity index (χ0v) is 19.2. The van der Waals surface area contributed by atoms with Gasteiger partial charge in [-0.1, -0.05) is 6.92 Å². The molecule has 0 aromatic heterocycles. The highest BCUT2D eigenvalue weighted by Crippen LogP contribution is 2.32. The number of halogens is 3. The lowest BCUT2D eigenvalue weighted by atomic mass is 9.97. The summed E-state index contributed by atoms with van der Waals surface area (Å²) in [6.07, 6.45) is 1.16. The van der Waals surface area contributed by atoms with Crippen LogP contribution < -0.4 is 5.73 Å². The van der Waals surface area contributed by atoms with Crippen LogP contribution in [-0.4, -0.2) is 22.8 Å². The first-order valence-corrected chi connectivity index (χ1v) is 10.5. The van der Waals surface area contributed by atoms with Crippen LogP contribution in [0.4, 0.5) is 5.69 Å². The molecule has 1 aliphatic heterocycles. The molecule has 0 spiro atoms. The maximum Gasteiger partial charge on any atom is 0.336 e. The van der Waals surface area contributed by atoms with E-state index >= 15 is 0 Å². The van der Waals surface area contributed by atoms with E-state index in [4.69, 9.17) is 10.6 Å². The highest BCUT2D eigenvalue weighted by atomic mass is 127. The molecule has 1 aromatic carbocycles. The molecule has 9 heteroatoms. The summed E-state index contributed by atoms with van der Waals surface area (Å²) < 4.78 is 2.91. The Morgan fingerprint density at radius 1 is 1.25 bits per heavy atom. The number of hydroxylamine groups is 2. The third-order valence-electron chi connectivity index (χ3n) is 3.76. The van der Waals surface area contributed by atoms with E-state index in [1.54, 1.807) is 0 Å². The van der Waals surface area contributed by atoms with E-state index in [9.17, 15) is 14.4 Å². The van der Waals surface area contributed by atoms with Crippen LogP contribution in [0, 0.1) is 16.6 Å². The number of hydrogen-bond donors (Lipinski definition) is 1. The molecule has 2 N–H and O–H groups in total. The van der Waals surface area contributed by atoms with E-state index < -0.39 is 23.7 Å². The van der Waals surface area contributed by atoms with E-state index in [2.05, 4.69) is 67.8 Å². The number of carbonyl (C=O) groups excluding carboxylic acids is 3. The molecule has 0 bridgehead atoms. The summed E-state index contributed by atoms with van der Waals surface area (Å²) in [4.78, 5) is 40.6. The molecular weight excluding hydrogens is 653 g/mol. The van der Waals surface area contributed by atoms with Crippen LogP contribution in [0.2, 0.25) is 0 Å². The molecule has 0 aliphatic carbocycles. The maximum atomic E-state index is 12.4. The normalized spacial score (nSPS) is 15.8. The van der Waals surface area contributed by atoms with Gasteiger partial charge in [-0.25, -0.2) is 4.79 Å². The molecule has 0 saturated carbocycles. The zero-order valence-electron chi connectivity index (χ0n) is 12.8. The molecule has 2 amide bonds. The Labute approximate surface area is 180 Å². The van der Waals surface area contributed by atoms with Gasteiger partial charge in [0.1, 0.15) is 0 Å². The molecule has 0 radical (unpaired) electrons. The predicted octanol–water partition coefficient (Wildman–Crippen LogP) is 3.26. The molecular formula is C15H15I3N2O4. The van der Waals surface area contributed by atoms with Gasteiger partial charge in [0, 0.05) is 23.6 Å². The van der Waals surface area contributed by atoms with Crippen molar-refractivity contribution in [1.29, 1.82) is 0 Å². The molecule has 1 aromatic rings. The van der Waals surface area contributed by atoms with Crippen LogP contribution in [0.15, 0.2) is 6.07 Å². The highest BCUT2D eigenvalue weighted by molar-refractivity contribution is 14.1. The van der Waals surface area contributed by atoms with Gasteiger partial charge in [-0.05, 0) is 92.2 Å². The van der Waals surface area contributed by atoms with Gasteiger partial charge in [0.25, 0.3) is 11.8 Å². The van der Waals surface area contributed by atoms with E-state index in [-0.39, 0.29) is 12.8 Å². The first kappa shape index (κ1) is 20.1. The van der Waals surface area contributed by atoms with E-state index in [1.165, 1.54) is 0 Å². The van der Waals surface area contributed by atoms with Gasteiger partial charge in [0.05, 0.1) is 11.6 Å². The fraction of sp³-hybridized carbons (Fsp3) is 0.400. The van der Waals surface area contributed by atoms with E-state index in [0.29, 0.717) is 23.6 Å². The van der Waals surface area contributed by atoms with Crippen LogP contribution >= 0.6 is 67.8 Å². The number of hydrogen-bond acceptors (Lipinski definition) is 5. The van der Waals surface area contributed by atoms with Crippen LogP contribution in [0.5, 0.6) is 0 Å². The summed E-state index contributed by atoms with van der Waals surface area (Å²) in [6, 6.07) is 1.97. The van der Waals surface area contributed by atoms with Crippen molar-refractivity contribution in [2.45, 2.75) is 32.6 Å². The molecule has 1 aliphatic rings. The number of nitrogen functional groups attached to an aromatic ring is 1. The van der Waals surface area contributed by atoms with E-state index in [0.717, 1.165) is 16.3 Å². The molecule has 1 saturated heterocycles. The average Bonchev–Trinajstić information content (AvgIpc) is 2.84. The standard InChI is InChI=1S/C15H15I3N2O4/c1-2-7(15(23)24-20-11(21)3-4-12(20)22)5-8-9(16)6-10(17)14(19)13(8)18/h6-7H,2-5,19H2,1H3. The monoisotopic (exact) mass is 668 g/mol. The Morgan fingerprint density at radius 3 is 2.38 bits per heavy atom. The molecule has 1 unspecified atom stereocenters. The second kappa shape index (κ2) is 8.47. The Kier molecular flexibility index (Phi) is 7.10. The minimum atomic E-state index is -0.565. The smallest absolute Gasteiger partial charge is 0.336 e. The first-order chi connectivity index (χ1) is 11.3. The van der Waals surface area contributed by atoms with Crippen molar-refractivity contribution in [3.63, 3.8) is 0 Å². The number of amides is 2. The van der Waals surface area contributed by atoms with Crippen molar-refractivity contribution in [2.24, 2.45) is 5.92 Å². The minimum absolute atomic E-state index is 0.0896. The Balaban J connectivity index is 2.18. The Morgan fingerprint density at radius 2 is 1.83 bits per heavy atom. The van der Waals surface area contributed by atoms with Crippen LogP contribution in [0.25, 0.3) is 0 Å². The molecule has 6 nitrogen and oxygen atoms in total. The lowest BCUT2D eigenvalue weighted by Gasteiger charge is -2.20. The number of imide groups is 1. The summed E-state index contributed by atoms with van der Waals surface area (Å²) in [5.41, 5.74) is 7.76. The number of rotatable bonds is 5. The molecule has 1 heterocycles. The summed E-state index contributed by atoms with van der Waals surface area (Å²) >= 11 is 6.58. The molecule has 1 atom stereocenters. The molecule has 24 heavy (non-hydrogen) atoms. The third kappa shape index (κ3) is 4.31. The molecule has 2 rings (SSSR count). The van der Waals surface area contributed by atoms with E-state index in [1.807, 2.05) is 13.0 Å². The van der Waals surface area contributed by atoms with Gasteiger partial charge in [-0.15, -0.1) is 5.06 Å². The van der Waals surface area contributed by atoms with Gasteiger partial charge >= 0.3 is 5.97 Å². The van der Waals surface area contributed by atoms with Crippen LogP contribution in [0.3, 0.4) is 0 Å². The van der Waals surface area contributed by atoms with Gasteiger partial charge in [-0.2, -0.15) is 0 Å². The summed E-state index contributed by atoms with van der Waals surface area (Å²) in [6.45, 7) is 1.87. The van der Waals surface area contributed by atoms with Gasteiger partial charge < -0.3 is 10.6 Å². The molecule has 130 valence electrons. The van der Waals surface area contributed by atoms with Crippen LogP contribution in [0.1, 0.15) is 31.7 Å². The predicted molar refractivity (Wildman–Crippen MR) is 114 cm³/mol. The second-order valence-corrected chi connectivity index (χ2v) is 8.75. The maximum absolute atomic E-state index is 12.4. The SMILES string of the molecule is CCC(Cc1c(I)cc(I)c(N)c1I)C(=O)ON1C(=O)CCC1=O. The Hall–Kier alpha value is -0.180.